The number of hydrogen-bond acceptors (Lipinski definition) is 4. The Morgan fingerprint density at radius 3 is 2.91 bits per heavy atom. The van der Waals surface area contributed by atoms with Crippen molar-refractivity contribution in [3.05, 3.63) is 58.5 Å². The second kappa shape index (κ2) is 7.53. The highest BCUT2D eigenvalue weighted by atomic mass is 35.5. The van der Waals surface area contributed by atoms with E-state index in [1.54, 1.807) is 24.3 Å². The number of hydrogen-bond donors (Lipinski definition) is 0. The van der Waals surface area contributed by atoms with Crippen molar-refractivity contribution in [2.45, 2.75) is 19.4 Å². The van der Waals surface area contributed by atoms with E-state index in [-0.39, 0.29) is 36.8 Å². The van der Waals surface area contributed by atoms with Gasteiger partial charge in [0.15, 0.2) is 5.78 Å². The summed E-state index contributed by atoms with van der Waals surface area (Å²) in [6, 6.07) is 11.0. The van der Waals surface area contributed by atoms with E-state index in [9.17, 15) is 9.18 Å². The second-order valence-electron chi connectivity index (χ2n) is 4.47. The van der Waals surface area contributed by atoms with E-state index < -0.39 is 5.82 Å². The highest BCUT2D eigenvalue weighted by molar-refractivity contribution is 6.30. The fourth-order valence-corrected chi connectivity index (χ4v) is 1.90. The molecule has 0 saturated carbocycles. The first kappa shape index (κ1) is 15.9. The normalized spacial score (nSPS) is 10.0. The Hall–Kier alpha value is -2.45. The SMILES string of the molecule is N#CCCC(=O)c1cccc(OCc2ccc(Cl)cc2F)n1. The van der Waals surface area contributed by atoms with Crippen LogP contribution in [0.1, 0.15) is 28.9 Å². The van der Waals surface area contributed by atoms with Gasteiger partial charge in [0.05, 0.1) is 6.07 Å². The molecule has 4 nitrogen and oxygen atoms in total. The number of rotatable bonds is 6. The third-order valence-electron chi connectivity index (χ3n) is 2.86. The second-order valence-corrected chi connectivity index (χ2v) is 4.90. The predicted octanol–water partition coefficient (Wildman–Crippen LogP) is 3.94. The monoisotopic (exact) mass is 318 g/mol. The van der Waals surface area contributed by atoms with Crippen LogP contribution in [0.25, 0.3) is 0 Å². The molecule has 6 heteroatoms. The average Bonchev–Trinajstić information content (AvgIpc) is 2.52. The molecule has 0 aliphatic rings. The fraction of sp³-hybridized carbons (Fsp3) is 0.188. The maximum atomic E-state index is 13.6. The molecule has 1 aromatic carbocycles. The largest absolute Gasteiger partial charge is 0.473 e. The Kier molecular flexibility index (Phi) is 5.45. The maximum Gasteiger partial charge on any atom is 0.214 e. The first-order valence-corrected chi connectivity index (χ1v) is 6.92. The zero-order valence-corrected chi connectivity index (χ0v) is 12.3. The van der Waals surface area contributed by atoms with Crippen molar-refractivity contribution in [1.82, 2.24) is 4.98 Å². The number of ether oxygens (including phenoxy) is 1. The lowest BCUT2D eigenvalue weighted by molar-refractivity contribution is 0.0978. The zero-order chi connectivity index (χ0) is 15.9. The Bertz CT molecular complexity index is 728. The summed E-state index contributed by atoms with van der Waals surface area (Å²) in [5.41, 5.74) is 0.566. The summed E-state index contributed by atoms with van der Waals surface area (Å²) in [5, 5.41) is 8.79. The average molecular weight is 319 g/mol. The number of ketones is 1. The van der Waals surface area contributed by atoms with Gasteiger partial charge in [-0.1, -0.05) is 23.7 Å². The van der Waals surface area contributed by atoms with Crippen LogP contribution in [0.15, 0.2) is 36.4 Å². The molecular weight excluding hydrogens is 307 g/mol. The molecule has 1 heterocycles. The van der Waals surface area contributed by atoms with E-state index in [2.05, 4.69) is 4.98 Å². The molecule has 112 valence electrons. The third kappa shape index (κ3) is 4.27. The van der Waals surface area contributed by atoms with Gasteiger partial charge in [-0.05, 0) is 18.2 Å². The van der Waals surface area contributed by atoms with Crippen LogP contribution in [0.2, 0.25) is 5.02 Å². The number of aromatic nitrogens is 1. The molecule has 1 aromatic heterocycles. The first-order valence-electron chi connectivity index (χ1n) is 6.54. The van der Waals surface area contributed by atoms with Gasteiger partial charge in [-0.15, -0.1) is 0 Å². The number of pyridine rings is 1. The summed E-state index contributed by atoms with van der Waals surface area (Å²) in [6.45, 7) is -0.0220. The number of carbonyl (C=O) groups excluding carboxylic acids is 1. The molecule has 0 fully saturated rings. The van der Waals surface area contributed by atoms with E-state index in [0.29, 0.717) is 10.6 Å². The van der Waals surface area contributed by atoms with Crippen LogP contribution < -0.4 is 4.74 Å². The summed E-state index contributed by atoms with van der Waals surface area (Å²) in [5.74, 6) is -0.476. The van der Waals surface area contributed by atoms with Crippen LogP contribution >= 0.6 is 11.6 Å². The maximum absolute atomic E-state index is 13.6. The minimum Gasteiger partial charge on any atom is -0.473 e. The Morgan fingerprint density at radius 1 is 1.36 bits per heavy atom. The third-order valence-corrected chi connectivity index (χ3v) is 3.10. The number of Topliss-reactive ketones (excluding diaryl/α,β-unsaturated/α-hetero) is 1. The van der Waals surface area contributed by atoms with Crippen molar-refractivity contribution >= 4 is 17.4 Å². The quantitative estimate of drug-likeness (QED) is 0.757. The van der Waals surface area contributed by atoms with Gasteiger partial charge in [-0.2, -0.15) is 5.26 Å². The van der Waals surface area contributed by atoms with Crippen LogP contribution in [-0.2, 0) is 6.61 Å². The molecule has 0 bridgehead atoms. The summed E-state index contributed by atoms with van der Waals surface area (Å²) >= 11 is 5.68. The minimum absolute atomic E-state index is 0.0220. The molecule has 2 rings (SSSR count). The van der Waals surface area contributed by atoms with Gasteiger partial charge in [0, 0.05) is 29.5 Å². The fourth-order valence-electron chi connectivity index (χ4n) is 1.74. The highest BCUT2D eigenvalue weighted by Crippen LogP contribution is 2.17. The lowest BCUT2D eigenvalue weighted by atomic mass is 10.1. The van der Waals surface area contributed by atoms with Gasteiger partial charge in [-0.3, -0.25) is 4.79 Å². The van der Waals surface area contributed by atoms with Crippen molar-refractivity contribution in [2.24, 2.45) is 0 Å². The predicted molar refractivity (Wildman–Crippen MR) is 79.2 cm³/mol. The minimum atomic E-state index is -0.464. The van der Waals surface area contributed by atoms with Crippen LogP contribution in [-0.4, -0.2) is 10.8 Å². The van der Waals surface area contributed by atoms with E-state index in [0.717, 1.165) is 0 Å². The Balaban J connectivity index is 2.04. The number of nitriles is 1. The van der Waals surface area contributed by atoms with Gasteiger partial charge in [0.1, 0.15) is 18.1 Å². The van der Waals surface area contributed by atoms with Gasteiger partial charge < -0.3 is 4.74 Å². The molecule has 2 aromatic rings. The highest BCUT2D eigenvalue weighted by Gasteiger charge is 2.09. The molecule has 0 radical (unpaired) electrons. The summed E-state index contributed by atoms with van der Waals surface area (Å²) in [7, 11) is 0. The standard InChI is InChI=1S/C16H12ClFN2O2/c17-12-7-6-11(13(18)9-12)10-22-16-5-1-3-14(20-16)15(21)4-2-8-19/h1,3,5-7,9H,2,4,10H2. The molecule has 0 unspecified atom stereocenters. The van der Waals surface area contributed by atoms with Crippen molar-refractivity contribution in [1.29, 1.82) is 5.26 Å². The topological polar surface area (TPSA) is 63.0 Å². The van der Waals surface area contributed by atoms with E-state index >= 15 is 0 Å². The number of carbonyl (C=O) groups is 1. The molecule has 0 saturated heterocycles. The lowest BCUT2D eigenvalue weighted by Gasteiger charge is -2.07. The summed E-state index contributed by atoms with van der Waals surface area (Å²) in [4.78, 5) is 15.8. The first-order chi connectivity index (χ1) is 10.6. The summed E-state index contributed by atoms with van der Waals surface area (Å²) < 4.78 is 19.0. The van der Waals surface area contributed by atoms with E-state index in [4.69, 9.17) is 21.6 Å². The van der Waals surface area contributed by atoms with Crippen molar-refractivity contribution in [3.63, 3.8) is 0 Å². The molecule has 0 aliphatic carbocycles. The molecule has 0 aliphatic heterocycles. The number of nitrogens with zero attached hydrogens (tertiary/aromatic N) is 2. The van der Waals surface area contributed by atoms with Crippen molar-refractivity contribution in [2.75, 3.05) is 0 Å². The van der Waals surface area contributed by atoms with Gasteiger partial charge in [-0.25, -0.2) is 9.37 Å². The smallest absolute Gasteiger partial charge is 0.214 e. The Morgan fingerprint density at radius 2 is 2.18 bits per heavy atom. The van der Waals surface area contributed by atoms with Gasteiger partial charge in [0.25, 0.3) is 0 Å². The lowest BCUT2D eigenvalue weighted by Crippen LogP contribution is -2.05. The van der Waals surface area contributed by atoms with Crippen molar-refractivity contribution < 1.29 is 13.9 Å². The van der Waals surface area contributed by atoms with Gasteiger partial charge >= 0.3 is 0 Å². The molecule has 0 amide bonds. The van der Waals surface area contributed by atoms with E-state index in [1.807, 2.05) is 6.07 Å². The number of halogens is 2. The molecule has 0 atom stereocenters. The van der Waals surface area contributed by atoms with Crippen molar-refractivity contribution in [3.8, 4) is 11.9 Å². The van der Waals surface area contributed by atoms with E-state index in [1.165, 1.54) is 12.1 Å². The van der Waals surface area contributed by atoms with Crippen LogP contribution in [0.3, 0.4) is 0 Å². The van der Waals surface area contributed by atoms with Crippen LogP contribution in [0.4, 0.5) is 4.39 Å². The molecule has 22 heavy (non-hydrogen) atoms. The number of benzene rings is 1. The summed E-state index contributed by atoms with van der Waals surface area (Å²) in [6.07, 6.45) is 0.250. The van der Waals surface area contributed by atoms with Gasteiger partial charge in [0.2, 0.25) is 5.88 Å². The molecular formula is C16H12ClFN2O2. The molecule has 0 N–H and O–H groups in total. The Labute approximate surface area is 132 Å². The molecule has 0 spiro atoms. The zero-order valence-electron chi connectivity index (χ0n) is 11.6. The van der Waals surface area contributed by atoms with Crippen LogP contribution in [0.5, 0.6) is 5.88 Å². The van der Waals surface area contributed by atoms with Crippen LogP contribution in [0, 0.1) is 17.1 Å².